The van der Waals surface area contributed by atoms with Crippen molar-refractivity contribution < 1.29 is 13.0 Å². The van der Waals surface area contributed by atoms with Crippen LogP contribution in [0.5, 0.6) is 0 Å². The zero-order valence-corrected chi connectivity index (χ0v) is 9.42. The Labute approximate surface area is 89.9 Å². The molecule has 0 aliphatic heterocycles. The smallest absolute Gasteiger partial charge is 0.294 e. The fourth-order valence-electron chi connectivity index (χ4n) is 1.33. The van der Waals surface area contributed by atoms with Crippen LogP contribution in [0.3, 0.4) is 0 Å². The largest absolute Gasteiger partial charge is 0.398 e. The molecule has 15 heavy (non-hydrogen) atoms. The second-order valence-electron chi connectivity index (χ2n) is 3.44. The van der Waals surface area contributed by atoms with Crippen molar-refractivity contribution in [3.05, 3.63) is 23.8 Å². The first kappa shape index (κ1) is 12.0. The molecule has 0 aliphatic rings. The van der Waals surface area contributed by atoms with Crippen molar-refractivity contribution in [1.29, 1.82) is 0 Å². The average Bonchev–Trinajstić information content (AvgIpc) is 2.14. The molecule has 0 aromatic heterocycles. The van der Waals surface area contributed by atoms with Crippen LogP contribution in [-0.2, 0) is 16.5 Å². The van der Waals surface area contributed by atoms with Gasteiger partial charge < -0.3 is 5.73 Å². The van der Waals surface area contributed by atoms with Crippen LogP contribution in [0.15, 0.2) is 23.1 Å². The van der Waals surface area contributed by atoms with Crippen LogP contribution in [0, 0.1) is 0 Å². The van der Waals surface area contributed by atoms with E-state index in [1.54, 1.807) is 6.07 Å². The minimum atomic E-state index is -4.14. The second-order valence-corrected chi connectivity index (χ2v) is 4.86. The van der Waals surface area contributed by atoms with E-state index in [0.717, 1.165) is 24.8 Å². The van der Waals surface area contributed by atoms with Crippen LogP contribution in [0.1, 0.15) is 25.3 Å². The quantitative estimate of drug-likeness (QED) is 0.610. The summed E-state index contributed by atoms with van der Waals surface area (Å²) in [5.74, 6) is 0. The maximum Gasteiger partial charge on any atom is 0.294 e. The number of hydrogen-bond donors (Lipinski definition) is 2. The van der Waals surface area contributed by atoms with Crippen molar-refractivity contribution in [2.45, 2.75) is 31.1 Å². The van der Waals surface area contributed by atoms with Gasteiger partial charge in [0.05, 0.1) is 4.90 Å². The molecule has 0 heterocycles. The fourth-order valence-corrected chi connectivity index (χ4v) is 1.84. The standard InChI is InChI=1S/C10H15NO3S/c1-2-3-4-8-5-6-9(7-10(8)11)15(12,13)14/h5-7H,2-4,11H2,1H3,(H,12,13,14). The molecule has 0 atom stereocenters. The molecule has 3 N–H and O–H groups in total. The summed E-state index contributed by atoms with van der Waals surface area (Å²) in [5.41, 5.74) is 7.02. The monoisotopic (exact) mass is 229 g/mol. The van der Waals surface area contributed by atoms with Crippen LogP contribution < -0.4 is 5.73 Å². The fraction of sp³-hybridized carbons (Fsp3) is 0.400. The zero-order valence-electron chi connectivity index (χ0n) is 8.60. The van der Waals surface area contributed by atoms with Gasteiger partial charge >= 0.3 is 0 Å². The van der Waals surface area contributed by atoms with Crippen LogP contribution in [-0.4, -0.2) is 13.0 Å². The van der Waals surface area contributed by atoms with Crippen molar-refractivity contribution in [1.82, 2.24) is 0 Å². The highest BCUT2D eigenvalue weighted by Crippen LogP contribution is 2.19. The van der Waals surface area contributed by atoms with E-state index in [0.29, 0.717) is 5.69 Å². The number of hydrogen-bond acceptors (Lipinski definition) is 3. The Balaban J connectivity index is 2.99. The first-order valence-corrected chi connectivity index (χ1v) is 6.25. The van der Waals surface area contributed by atoms with E-state index in [9.17, 15) is 8.42 Å². The molecule has 0 unspecified atom stereocenters. The molecule has 84 valence electrons. The highest BCUT2D eigenvalue weighted by Gasteiger charge is 2.10. The van der Waals surface area contributed by atoms with Crippen LogP contribution >= 0.6 is 0 Å². The van der Waals surface area contributed by atoms with E-state index in [-0.39, 0.29) is 4.90 Å². The number of nitrogens with two attached hydrogens (primary N) is 1. The third-order valence-corrected chi connectivity index (χ3v) is 3.06. The van der Waals surface area contributed by atoms with Crippen molar-refractivity contribution in [3.8, 4) is 0 Å². The summed E-state index contributed by atoms with van der Waals surface area (Å²) in [6.45, 7) is 2.07. The third kappa shape index (κ3) is 3.21. The van der Waals surface area contributed by atoms with E-state index in [2.05, 4.69) is 6.92 Å². The SMILES string of the molecule is CCCCc1ccc(S(=O)(=O)O)cc1N. The molecule has 5 heteroatoms. The number of nitrogen functional groups attached to an aromatic ring is 1. The van der Waals surface area contributed by atoms with Gasteiger partial charge in [0, 0.05) is 5.69 Å². The molecular formula is C10H15NO3S. The second kappa shape index (κ2) is 4.63. The molecule has 0 bridgehead atoms. The molecule has 0 radical (unpaired) electrons. The average molecular weight is 229 g/mol. The molecule has 1 aromatic carbocycles. The lowest BCUT2D eigenvalue weighted by molar-refractivity contribution is 0.483. The normalized spacial score (nSPS) is 11.6. The third-order valence-electron chi connectivity index (χ3n) is 2.21. The molecule has 0 spiro atoms. The summed E-state index contributed by atoms with van der Waals surface area (Å²) in [5, 5.41) is 0. The number of aryl methyl sites for hydroxylation is 1. The van der Waals surface area contributed by atoms with Crippen LogP contribution in [0.25, 0.3) is 0 Å². The van der Waals surface area contributed by atoms with Gasteiger partial charge in [0.2, 0.25) is 0 Å². The topological polar surface area (TPSA) is 80.4 Å². The number of benzene rings is 1. The van der Waals surface area contributed by atoms with E-state index in [1.807, 2.05) is 0 Å². The maximum atomic E-state index is 10.8. The molecule has 4 nitrogen and oxygen atoms in total. The van der Waals surface area contributed by atoms with Gasteiger partial charge in [0.15, 0.2) is 0 Å². The summed E-state index contributed by atoms with van der Waals surface area (Å²) in [6, 6.07) is 4.31. The van der Waals surface area contributed by atoms with Gasteiger partial charge in [-0.15, -0.1) is 0 Å². The van der Waals surface area contributed by atoms with Gasteiger partial charge in [0.25, 0.3) is 10.1 Å². The van der Waals surface area contributed by atoms with Gasteiger partial charge in [-0.25, -0.2) is 0 Å². The maximum absolute atomic E-state index is 10.8. The first-order chi connectivity index (χ1) is 6.95. The van der Waals surface area contributed by atoms with E-state index < -0.39 is 10.1 Å². The van der Waals surface area contributed by atoms with Gasteiger partial charge in [-0.1, -0.05) is 19.4 Å². The lowest BCUT2D eigenvalue weighted by atomic mass is 10.1. The number of anilines is 1. The van der Waals surface area contributed by atoms with Crippen molar-refractivity contribution >= 4 is 15.8 Å². The molecule has 0 saturated heterocycles. The summed E-state index contributed by atoms with van der Waals surface area (Å²) >= 11 is 0. The summed E-state index contributed by atoms with van der Waals surface area (Å²) in [6.07, 6.45) is 2.89. The Bertz CT molecular complexity index is 440. The van der Waals surface area contributed by atoms with E-state index in [1.165, 1.54) is 12.1 Å². The minimum Gasteiger partial charge on any atom is -0.398 e. The Hall–Kier alpha value is -1.07. The van der Waals surface area contributed by atoms with Crippen LogP contribution in [0.2, 0.25) is 0 Å². The molecule has 0 aliphatic carbocycles. The minimum absolute atomic E-state index is 0.153. The predicted octanol–water partition coefficient (Wildman–Crippen LogP) is 1.86. The predicted molar refractivity (Wildman–Crippen MR) is 59.3 cm³/mol. The van der Waals surface area contributed by atoms with Gasteiger partial charge in [-0.05, 0) is 30.5 Å². The molecular weight excluding hydrogens is 214 g/mol. The summed E-state index contributed by atoms with van der Waals surface area (Å²) < 4.78 is 30.4. The molecule has 0 saturated carbocycles. The van der Waals surface area contributed by atoms with Crippen molar-refractivity contribution in [2.24, 2.45) is 0 Å². The highest BCUT2D eigenvalue weighted by atomic mass is 32.2. The number of unbranched alkanes of at least 4 members (excludes halogenated alkanes) is 1. The Morgan fingerprint density at radius 2 is 2.07 bits per heavy atom. The summed E-state index contributed by atoms with van der Waals surface area (Å²) in [7, 11) is -4.14. The summed E-state index contributed by atoms with van der Waals surface area (Å²) in [4.78, 5) is -0.153. The lowest BCUT2D eigenvalue weighted by Crippen LogP contribution is -2.01. The van der Waals surface area contributed by atoms with Gasteiger partial charge in [-0.3, -0.25) is 4.55 Å². The highest BCUT2D eigenvalue weighted by molar-refractivity contribution is 7.85. The Kier molecular flexibility index (Phi) is 3.71. The first-order valence-electron chi connectivity index (χ1n) is 4.81. The Morgan fingerprint density at radius 1 is 1.40 bits per heavy atom. The molecule has 1 rings (SSSR count). The van der Waals surface area contributed by atoms with Crippen molar-refractivity contribution in [2.75, 3.05) is 5.73 Å². The van der Waals surface area contributed by atoms with Gasteiger partial charge in [0.1, 0.15) is 0 Å². The molecule has 0 fully saturated rings. The zero-order chi connectivity index (χ0) is 11.5. The van der Waals surface area contributed by atoms with E-state index >= 15 is 0 Å². The molecule has 1 aromatic rings. The number of rotatable bonds is 4. The van der Waals surface area contributed by atoms with Crippen LogP contribution in [0.4, 0.5) is 5.69 Å². The lowest BCUT2D eigenvalue weighted by Gasteiger charge is -2.06. The molecule has 0 amide bonds. The Morgan fingerprint density at radius 3 is 2.53 bits per heavy atom. The van der Waals surface area contributed by atoms with Crippen molar-refractivity contribution in [3.63, 3.8) is 0 Å². The van der Waals surface area contributed by atoms with Gasteiger partial charge in [-0.2, -0.15) is 8.42 Å². The van der Waals surface area contributed by atoms with E-state index in [4.69, 9.17) is 10.3 Å².